The Kier molecular flexibility index (Phi) is 5.95. The molecule has 1 atom stereocenters. The Labute approximate surface area is 125 Å². The summed E-state index contributed by atoms with van der Waals surface area (Å²) in [5, 5.41) is -2.05. The van der Waals surface area contributed by atoms with Crippen LogP contribution in [0.25, 0.3) is 0 Å². The zero-order valence-electron chi connectivity index (χ0n) is 10.7. The third kappa shape index (κ3) is 3.84. The molecule has 1 unspecified atom stereocenters. The van der Waals surface area contributed by atoms with Gasteiger partial charge in [0.05, 0.1) is 0 Å². The number of carbonyl (C=O) groups is 2. The molecule has 0 aliphatic carbocycles. The van der Waals surface area contributed by atoms with Crippen molar-refractivity contribution in [3.05, 3.63) is 66.2 Å². The zero-order chi connectivity index (χ0) is 14.5. The Balaban J connectivity index is 0.00000220. The number of benzene rings is 2. The fourth-order valence-corrected chi connectivity index (χ4v) is 1.58. The molecule has 3 amide bonds. The third-order valence-corrected chi connectivity index (χ3v) is 2.59. The maximum absolute atomic E-state index is 13.8. The number of nitrogens with one attached hydrogen (secondary N) is 1. The van der Waals surface area contributed by atoms with Gasteiger partial charge in [0.1, 0.15) is 0 Å². The number of imide groups is 1. The van der Waals surface area contributed by atoms with E-state index in [1.54, 1.807) is 12.1 Å². The Hall–Kier alpha value is -2.31. The Morgan fingerprint density at radius 1 is 0.905 bits per heavy atom. The molecule has 2 aromatic carbocycles. The molecule has 110 valence electrons. The molecular formula is C14H11ClF2N2O2. The van der Waals surface area contributed by atoms with Gasteiger partial charge in [-0.15, -0.1) is 0 Å². The van der Waals surface area contributed by atoms with Crippen molar-refractivity contribution in [3.8, 4) is 0 Å². The summed E-state index contributed by atoms with van der Waals surface area (Å²) >= 11 is 0. The second kappa shape index (κ2) is 7.47. The summed E-state index contributed by atoms with van der Waals surface area (Å²) in [6.07, 6.45) is 0. The van der Waals surface area contributed by atoms with Gasteiger partial charge in [-0.05, 0) is 22.4 Å². The summed E-state index contributed by atoms with van der Waals surface area (Å²) in [5.74, 6) is -1.21. The summed E-state index contributed by atoms with van der Waals surface area (Å²) in [6, 6.07) is 13.0. The maximum atomic E-state index is 13.8. The second-order valence-electron chi connectivity index (χ2n) is 3.94. The van der Waals surface area contributed by atoms with Gasteiger partial charge in [-0.2, -0.15) is 4.79 Å². The van der Waals surface area contributed by atoms with E-state index in [9.17, 15) is 18.6 Å². The van der Waals surface area contributed by atoms with Crippen molar-refractivity contribution >= 4 is 17.6 Å². The highest BCUT2D eigenvalue weighted by atomic mass is 35.5. The quantitative estimate of drug-likeness (QED) is 0.741. The number of amides is 3. The number of hydrogen-bond donors (Lipinski definition) is 1. The average Bonchev–Trinajstić information content (AvgIpc) is 2.53. The molecule has 1 N–H and O–H groups in total. The predicted molar refractivity (Wildman–Crippen MR) is 67.3 cm³/mol. The monoisotopic (exact) mass is 312 g/mol. The number of halogens is 3. The van der Waals surface area contributed by atoms with Gasteiger partial charge < -0.3 is 12.4 Å². The largest absolute Gasteiger partial charge is 1.00 e. The predicted octanol–water partition coefficient (Wildman–Crippen LogP) is -0.762. The third-order valence-electron chi connectivity index (χ3n) is 2.59. The highest BCUT2D eigenvalue weighted by Gasteiger charge is 2.35. The number of para-hydroxylation sites is 1. The minimum Gasteiger partial charge on any atom is -1.00 e. The fourth-order valence-electron chi connectivity index (χ4n) is 1.58. The molecule has 4 nitrogen and oxygen atoms in total. The molecular weight excluding hydrogens is 302 g/mol. The normalized spacial score (nSPS) is 11.1. The highest BCUT2D eigenvalue weighted by molar-refractivity contribution is 6.01. The Morgan fingerprint density at radius 2 is 1.38 bits per heavy atom. The van der Waals surface area contributed by atoms with Crippen LogP contribution in [-0.4, -0.2) is 17.1 Å². The molecule has 0 aliphatic heterocycles. The van der Waals surface area contributed by atoms with Crippen LogP contribution >= 0.6 is 0 Å². The van der Waals surface area contributed by atoms with Crippen LogP contribution in [0.2, 0.25) is 0 Å². The van der Waals surface area contributed by atoms with Gasteiger partial charge in [0.2, 0.25) is 0 Å². The van der Waals surface area contributed by atoms with Crippen LogP contribution in [0, 0.1) is 0 Å². The molecule has 0 aliphatic rings. The molecule has 2 rings (SSSR count). The van der Waals surface area contributed by atoms with E-state index in [2.05, 4.69) is 0 Å². The van der Waals surface area contributed by atoms with E-state index in [1.165, 1.54) is 48.5 Å². The minimum absolute atomic E-state index is 0. The van der Waals surface area contributed by atoms with E-state index in [4.69, 9.17) is 0 Å². The van der Waals surface area contributed by atoms with Crippen LogP contribution in [0.15, 0.2) is 60.7 Å². The maximum Gasteiger partial charge on any atom is 0.496 e. The number of hydrogen-bond acceptors (Lipinski definition) is 2. The summed E-state index contributed by atoms with van der Waals surface area (Å²) in [7, 11) is 0. The van der Waals surface area contributed by atoms with Crippen molar-refractivity contribution in [1.82, 2.24) is 5.12 Å². The SMILES string of the molecule is O=C(c1ccccc1)N(F)C(=O)[NH+](F)c1ccccc1.[Cl-]. The number of rotatable bonds is 2. The Bertz CT molecular complexity index is 611. The lowest BCUT2D eigenvalue weighted by Crippen LogP contribution is -3.04. The molecule has 0 bridgehead atoms. The lowest BCUT2D eigenvalue weighted by atomic mass is 10.2. The standard InChI is InChI=1S/C14H10F2N2O2.ClH/c15-17(12-9-5-2-6-10-12)14(20)18(16)13(19)11-7-3-1-4-8-11;/h1-10H;1H. The van der Waals surface area contributed by atoms with Crippen LogP contribution in [0.5, 0.6) is 0 Å². The molecule has 0 radical (unpaired) electrons. The number of carbonyl (C=O) groups excluding carboxylic acids is 2. The number of urea groups is 1. The second-order valence-corrected chi connectivity index (χ2v) is 3.94. The van der Waals surface area contributed by atoms with Crippen LogP contribution in [0.4, 0.5) is 19.4 Å². The van der Waals surface area contributed by atoms with Crippen molar-refractivity contribution < 1.29 is 36.1 Å². The van der Waals surface area contributed by atoms with Crippen molar-refractivity contribution in [2.75, 3.05) is 0 Å². The van der Waals surface area contributed by atoms with Gasteiger partial charge >= 0.3 is 6.03 Å². The molecule has 0 heterocycles. The summed E-state index contributed by atoms with van der Waals surface area (Å²) < 4.78 is 27.5. The van der Waals surface area contributed by atoms with Crippen LogP contribution < -0.4 is 17.5 Å². The van der Waals surface area contributed by atoms with Gasteiger partial charge in [0.25, 0.3) is 5.91 Å². The molecule has 0 saturated carbocycles. The lowest BCUT2D eigenvalue weighted by molar-refractivity contribution is -0.909. The van der Waals surface area contributed by atoms with E-state index in [1.807, 2.05) is 0 Å². The lowest BCUT2D eigenvalue weighted by Gasteiger charge is -2.10. The van der Waals surface area contributed by atoms with Gasteiger partial charge in [-0.3, -0.25) is 4.79 Å². The summed E-state index contributed by atoms with van der Waals surface area (Å²) in [6.45, 7) is 0. The van der Waals surface area contributed by atoms with Gasteiger partial charge in [0, 0.05) is 22.2 Å². The average molecular weight is 313 g/mol. The van der Waals surface area contributed by atoms with Gasteiger partial charge in [-0.25, -0.2) is 0 Å². The van der Waals surface area contributed by atoms with Crippen molar-refractivity contribution in [2.24, 2.45) is 0 Å². The summed E-state index contributed by atoms with van der Waals surface area (Å²) in [5.41, 5.74) is -0.120. The molecule has 21 heavy (non-hydrogen) atoms. The fraction of sp³-hybridized carbons (Fsp3) is 0. The van der Waals surface area contributed by atoms with E-state index in [-0.39, 0.29) is 23.7 Å². The van der Waals surface area contributed by atoms with Crippen molar-refractivity contribution in [3.63, 3.8) is 0 Å². The van der Waals surface area contributed by atoms with Crippen LogP contribution in [0.1, 0.15) is 10.4 Å². The van der Waals surface area contributed by atoms with Crippen LogP contribution in [0.3, 0.4) is 0 Å². The van der Waals surface area contributed by atoms with Crippen LogP contribution in [-0.2, 0) is 0 Å². The van der Waals surface area contributed by atoms with E-state index in [0.29, 0.717) is 0 Å². The number of nitrogens with zero attached hydrogens (tertiary/aromatic N) is 1. The minimum atomic E-state index is -1.62. The molecule has 7 heteroatoms. The Morgan fingerprint density at radius 3 is 1.90 bits per heavy atom. The first kappa shape index (κ1) is 16.7. The molecule has 2 aromatic rings. The zero-order valence-corrected chi connectivity index (χ0v) is 11.4. The molecule has 0 fully saturated rings. The number of quaternary nitrogens is 1. The molecule has 0 aromatic heterocycles. The van der Waals surface area contributed by atoms with E-state index >= 15 is 0 Å². The first-order chi connectivity index (χ1) is 9.61. The molecule has 0 saturated heterocycles. The van der Waals surface area contributed by atoms with Crippen molar-refractivity contribution in [2.45, 2.75) is 0 Å². The van der Waals surface area contributed by atoms with Gasteiger partial charge in [-0.1, -0.05) is 40.9 Å². The molecule has 0 spiro atoms. The van der Waals surface area contributed by atoms with E-state index in [0.717, 1.165) is 0 Å². The van der Waals surface area contributed by atoms with E-state index < -0.39 is 22.2 Å². The van der Waals surface area contributed by atoms with Crippen molar-refractivity contribution in [1.29, 1.82) is 0 Å². The summed E-state index contributed by atoms with van der Waals surface area (Å²) in [4.78, 5) is 23.2. The van der Waals surface area contributed by atoms with Gasteiger partial charge in [0.15, 0.2) is 5.69 Å². The first-order valence-corrected chi connectivity index (χ1v) is 5.78. The first-order valence-electron chi connectivity index (χ1n) is 5.78. The highest BCUT2D eigenvalue weighted by Crippen LogP contribution is 2.06. The smallest absolute Gasteiger partial charge is 0.496 e. The topological polar surface area (TPSA) is 41.8 Å².